The summed E-state index contributed by atoms with van der Waals surface area (Å²) >= 11 is 0. The number of aryl methyl sites for hydroxylation is 2. The monoisotopic (exact) mass is 467 g/mol. The molecule has 0 bridgehead atoms. The zero-order valence-corrected chi connectivity index (χ0v) is 18.1. The summed E-state index contributed by atoms with van der Waals surface area (Å²) in [6.07, 6.45) is 2.10. The first-order valence-corrected chi connectivity index (χ1v) is 10.7. The van der Waals surface area contributed by atoms with Gasteiger partial charge in [0.25, 0.3) is 11.9 Å². The second kappa shape index (κ2) is 8.44. The molecule has 1 atom stereocenters. The number of fused-ring (bicyclic) bond motifs is 3. The molecule has 0 radical (unpaired) electrons. The molecular weight excluding hydrogens is 447 g/mol. The maximum atomic E-state index is 13.5. The van der Waals surface area contributed by atoms with Crippen molar-refractivity contribution < 1.29 is 22.4 Å². The first-order valence-electron chi connectivity index (χ1n) is 10.7. The van der Waals surface area contributed by atoms with Crippen LogP contribution in [-0.2, 0) is 12.8 Å². The molecule has 0 aliphatic heterocycles. The molecule has 4 aromatic rings. The number of carbonyl (C=O) groups is 1. The largest absolute Gasteiger partial charge is 0.467 e. The molecule has 0 saturated heterocycles. The van der Waals surface area contributed by atoms with E-state index in [-0.39, 0.29) is 11.5 Å². The number of carbonyl (C=O) groups excluding carboxylic acids is 1. The molecule has 1 aliphatic carbocycles. The van der Waals surface area contributed by atoms with E-state index >= 15 is 0 Å². The first kappa shape index (κ1) is 21.9. The fourth-order valence-corrected chi connectivity index (χ4v) is 4.17. The van der Waals surface area contributed by atoms with Gasteiger partial charge >= 0.3 is 6.18 Å². The molecule has 1 amide bonds. The SMILES string of the molecule is Cc1c(C(=O)N[C@H](c2ccco2)C(F)(F)F)cnn1-c1ncc2c(n1)-c1ccccc1CCC2. The van der Waals surface area contributed by atoms with Crippen molar-refractivity contribution in [1.29, 1.82) is 0 Å². The Labute approximate surface area is 192 Å². The molecule has 0 spiro atoms. The van der Waals surface area contributed by atoms with E-state index in [4.69, 9.17) is 9.40 Å². The van der Waals surface area contributed by atoms with Gasteiger partial charge in [-0.1, -0.05) is 24.3 Å². The highest BCUT2D eigenvalue weighted by Crippen LogP contribution is 2.34. The highest BCUT2D eigenvalue weighted by molar-refractivity contribution is 5.95. The van der Waals surface area contributed by atoms with E-state index in [2.05, 4.69) is 16.1 Å². The van der Waals surface area contributed by atoms with Crippen LogP contribution >= 0.6 is 0 Å². The Balaban J connectivity index is 1.48. The number of nitrogens with one attached hydrogen (secondary N) is 1. The van der Waals surface area contributed by atoms with Crippen molar-refractivity contribution in [3.8, 4) is 17.2 Å². The molecule has 174 valence electrons. The number of rotatable bonds is 4. The maximum absolute atomic E-state index is 13.5. The average molecular weight is 467 g/mol. The summed E-state index contributed by atoms with van der Waals surface area (Å²) < 4.78 is 46.8. The highest BCUT2D eigenvalue weighted by atomic mass is 19.4. The van der Waals surface area contributed by atoms with Crippen LogP contribution in [0.5, 0.6) is 0 Å². The fraction of sp³-hybridized carbons (Fsp3) is 0.250. The second-order valence-electron chi connectivity index (χ2n) is 8.07. The summed E-state index contributed by atoms with van der Waals surface area (Å²) in [4.78, 5) is 21.9. The van der Waals surface area contributed by atoms with Gasteiger partial charge in [0.1, 0.15) is 5.76 Å². The van der Waals surface area contributed by atoms with Crippen molar-refractivity contribution in [3.63, 3.8) is 0 Å². The Kier molecular flexibility index (Phi) is 5.43. The first-order chi connectivity index (χ1) is 16.3. The molecule has 3 aromatic heterocycles. The van der Waals surface area contributed by atoms with Crippen LogP contribution < -0.4 is 5.32 Å². The number of alkyl halides is 3. The van der Waals surface area contributed by atoms with Crippen molar-refractivity contribution in [1.82, 2.24) is 25.1 Å². The van der Waals surface area contributed by atoms with E-state index < -0.39 is 23.9 Å². The lowest BCUT2D eigenvalue weighted by atomic mass is 10.0. The van der Waals surface area contributed by atoms with Crippen molar-refractivity contribution in [3.05, 3.63) is 83.2 Å². The third-order valence-electron chi connectivity index (χ3n) is 5.89. The predicted octanol–water partition coefficient (Wildman–Crippen LogP) is 4.75. The summed E-state index contributed by atoms with van der Waals surface area (Å²) in [6, 6.07) is 8.24. The van der Waals surface area contributed by atoms with Gasteiger partial charge in [0.2, 0.25) is 0 Å². The zero-order chi connectivity index (χ0) is 23.9. The minimum Gasteiger partial charge on any atom is -0.467 e. The lowest BCUT2D eigenvalue weighted by Crippen LogP contribution is -2.38. The van der Waals surface area contributed by atoms with Crippen LogP contribution in [-0.4, -0.2) is 31.8 Å². The van der Waals surface area contributed by atoms with E-state index in [1.54, 1.807) is 13.1 Å². The highest BCUT2D eigenvalue weighted by Gasteiger charge is 2.44. The average Bonchev–Trinajstić information content (AvgIpc) is 3.43. The Morgan fingerprint density at radius 2 is 1.91 bits per heavy atom. The fourth-order valence-electron chi connectivity index (χ4n) is 4.17. The summed E-state index contributed by atoms with van der Waals surface area (Å²) in [5.74, 6) is -1.09. The minimum absolute atomic E-state index is 0.0141. The molecule has 5 rings (SSSR count). The molecule has 0 fully saturated rings. The van der Waals surface area contributed by atoms with E-state index in [0.717, 1.165) is 48.4 Å². The van der Waals surface area contributed by atoms with Crippen molar-refractivity contribution in [2.75, 3.05) is 0 Å². The third kappa shape index (κ3) is 3.95. The summed E-state index contributed by atoms with van der Waals surface area (Å²) in [6.45, 7) is 1.58. The molecule has 3 heterocycles. The van der Waals surface area contributed by atoms with Crippen LogP contribution in [0.4, 0.5) is 13.2 Å². The normalized spacial score (nSPS) is 14.1. The van der Waals surface area contributed by atoms with Crippen LogP contribution in [0.1, 0.15) is 45.4 Å². The molecular formula is C24H20F3N5O2. The van der Waals surface area contributed by atoms with Gasteiger partial charge in [-0.15, -0.1) is 0 Å². The number of halogens is 3. The Bertz CT molecular complexity index is 1350. The summed E-state index contributed by atoms with van der Waals surface area (Å²) in [5, 5.41) is 6.19. The van der Waals surface area contributed by atoms with Gasteiger partial charge in [-0.05, 0) is 49.4 Å². The number of furan rings is 1. The maximum Gasteiger partial charge on any atom is 0.415 e. The Morgan fingerprint density at radius 1 is 1.12 bits per heavy atom. The van der Waals surface area contributed by atoms with E-state index in [0.29, 0.717) is 5.69 Å². The van der Waals surface area contributed by atoms with Gasteiger partial charge in [0, 0.05) is 11.8 Å². The lowest BCUT2D eigenvalue weighted by molar-refractivity contribution is -0.159. The molecule has 0 unspecified atom stereocenters. The van der Waals surface area contributed by atoms with E-state index in [9.17, 15) is 18.0 Å². The summed E-state index contributed by atoms with van der Waals surface area (Å²) in [7, 11) is 0. The molecule has 1 aromatic carbocycles. The Hall–Kier alpha value is -3.95. The zero-order valence-electron chi connectivity index (χ0n) is 18.1. The quantitative estimate of drug-likeness (QED) is 0.468. The van der Waals surface area contributed by atoms with Gasteiger partial charge in [-0.2, -0.15) is 18.3 Å². The van der Waals surface area contributed by atoms with Gasteiger partial charge in [0.15, 0.2) is 6.04 Å². The van der Waals surface area contributed by atoms with Crippen LogP contribution in [0.15, 0.2) is 59.5 Å². The van der Waals surface area contributed by atoms with Crippen molar-refractivity contribution >= 4 is 5.91 Å². The van der Waals surface area contributed by atoms with Crippen LogP contribution in [0.25, 0.3) is 17.2 Å². The molecule has 1 aliphatic rings. The van der Waals surface area contributed by atoms with E-state index in [1.165, 1.54) is 22.5 Å². The number of benzene rings is 1. The minimum atomic E-state index is -4.73. The van der Waals surface area contributed by atoms with Crippen molar-refractivity contribution in [2.45, 2.75) is 38.4 Å². The number of nitrogens with zero attached hydrogens (tertiary/aromatic N) is 4. The van der Waals surface area contributed by atoms with Gasteiger partial charge in [-0.3, -0.25) is 4.79 Å². The van der Waals surface area contributed by atoms with Gasteiger partial charge < -0.3 is 9.73 Å². The standard InChI is InChI=1S/C24H20F3N5O2/c1-14-18(22(33)31-21(24(25,26)27)19-10-5-11-34-19)13-29-32(14)23-28-12-16-8-4-7-15-6-2-3-9-17(15)20(16)30-23/h2-3,5-6,9-13,21H,4,7-8H2,1H3,(H,31,33)/t21-/m1/s1. The second-order valence-corrected chi connectivity index (χ2v) is 8.07. The number of hydrogen-bond donors (Lipinski definition) is 1. The van der Waals surface area contributed by atoms with Gasteiger partial charge in [0.05, 0.1) is 29.4 Å². The molecule has 1 N–H and O–H groups in total. The molecule has 0 saturated carbocycles. The number of hydrogen-bond acceptors (Lipinski definition) is 5. The van der Waals surface area contributed by atoms with Crippen LogP contribution in [0, 0.1) is 6.92 Å². The molecule has 10 heteroatoms. The lowest BCUT2D eigenvalue weighted by Gasteiger charge is -2.19. The van der Waals surface area contributed by atoms with Gasteiger partial charge in [-0.25, -0.2) is 14.6 Å². The smallest absolute Gasteiger partial charge is 0.415 e. The number of amides is 1. The van der Waals surface area contributed by atoms with Crippen LogP contribution in [0.3, 0.4) is 0 Å². The summed E-state index contributed by atoms with van der Waals surface area (Å²) in [5.41, 5.74) is 4.34. The molecule has 34 heavy (non-hydrogen) atoms. The third-order valence-corrected chi connectivity index (χ3v) is 5.89. The Morgan fingerprint density at radius 3 is 2.68 bits per heavy atom. The van der Waals surface area contributed by atoms with Crippen molar-refractivity contribution in [2.24, 2.45) is 0 Å². The number of aromatic nitrogens is 4. The van der Waals surface area contributed by atoms with E-state index in [1.807, 2.05) is 23.5 Å². The predicted molar refractivity (Wildman–Crippen MR) is 116 cm³/mol. The topological polar surface area (TPSA) is 85.8 Å². The molecule has 7 nitrogen and oxygen atoms in total. The van der Waals surface area contributed by atoms with Crippen LogP contribution in [0.2, 0.25) is 0 Å².